The Bertz CT molecular complexity index is 934. The minimum atomic E-state index is -0.524. The number of hydrogen-bond acceptors (Lipinski definition) is 4. The fraction of sp³-hybridized carbons (Fsp3) is 0.263. The number of aromatic nitrogens is 2. The number of amides is 1. The maximum Gasteiger partial charge on any atom is 0.290 e. The zero-order valence-electron chi connectivity index (χ0n) is 14.3. The molecule has 0 N–H and O–H groups in total. The summed E-state index contributed by atoms with van der Waals surface area (Å²) in [5.41, 5.74) is 1.76. The predicted octanol–water partition coefficient (Wildman–Crippen LogP) is 3.03. The lowest BCUT2D eigenvalue weighted by molar-refractivity contribution is 0.0610. The van der Waals surface area contributed by atoms with Gasteiger partial charge in [-0.1, -0.05) is 0 Å². The summed E-state index contributed by atoms with van der Waals surface area (Å²) in [5.74, 6) is -0.482. The number of carbonyl (C=O) groups excluding carboxylic acids is 1. The smallest absolute Gasteiger partial charge is 0.290 e. The van der Waals surface area contributed by atoms with E-state index < -0.39 is 11.9 Å². The van der Waals surface area contributed by atoms with Crippen LogP contribution in [0.3, 0.4) is 0 Å². The molecule has 1 unspecified atom stereocenters. The Labute approximate surface area is 149 Å². The lowest BCUT2D eigenvalue weighted by Crippen LogP contribution is -2.39. The number of aryl methyl sites for hydroxylation is 1. The molecular weight excluding hydrogens is 337 g/mol. The van der Waals surface area contributed by atoms with Gasteiger partial charge in [-0.05, 0) is 37.3 Å². The van der Waals surface area contributed by atoms with Crippen molar-refractivity contribution in [2.24, 2.45) is 0 Å². The summed E-state index contributed by atoms with van der Waals surface area (Å²) in [6, 6.07) is 8.44. The van der Waals surface area contributed by atoms with Gasteiger partial charge in [-0.25, -0.2) is 9.37 Å². The highest BCUT2D eigenvalue weighted by Crippen LogP contribution is 2.21. The van der Waals surface area contributed by atoms with Gasteiger partial charge in [-0.2, -0.15) is 0 Å². The molecule has 4 rings (SSSR count). The number of rotatable bonds is 3. The second-order valence-corrected chi connectivity index (χ2v) is 6.30. The standard InChI is InChI=1S/C19H18FN3O3/c1-13-6-9-25-17(13)19(24)23-10-14-4-3-8-22(14)11-15(12-23)26-18-16(20)5-2-7-21-18/h2-9,15H,10-12H2,1H3. The van der Waals surface area contributed by atoms with Gasteiger partial charge < -0.3 is 18.6 Å². The summed E-state index contributed by atoms with van der Waals surface area (Å²) >= 11 is 0. The Morgan fingerprint density at radius 2 is 2.19 bits per heavy atom. The second-order valence-electron chi connectivity index (χ2n) is 6.30. The molecule has 0 saturated carbocycles. The van der Waals surface area contributed by atoms with Crippen LogP contribution in [0, 0.1) is 12.7 Å². The number of hydrogen-bond donors (Lipinski definition) is 0. The number of pyridine rings is 1. The lowest BCUT2D eigenvalue weighted by atomic mass is 10.2. The Morgan fingerprint density at radius 1 is 1.31 bits per heavy atom. The Kier molecular flexibility index (Phi) is 4.20. The molecule has 0 spiro atoms. The number of nitrogens with zero attached hydrogens (tertiary/aromatic N) is 3. The molecule has 26 heavy (non-hydrogen) atoms. The number of ether oxygens (including phenoxy) is 1. The molecule has 4 heterocycles. The van der Waals surface area contributed by atoms with Crippen LogP contribution in [0.1, 0.15) is 21.8 Å². The summed E-state index contributed by atoms with van der Waals surface area (Å²) < 4.78 is 27.1. The van der Waals surface area contributed by atoms with Crippen LogP contribution in [0.2, 0.25) is 0 Å². The van der Waals surface area contributed by atoms with Crippen molar-refractivity contribution in [3.8, 4) is 5.88 Å². The largest absolute Gasteiger partial charge is 0.468 e. The molecular formula is C19H18FN3O3. The van der Waals surface area contributed by atoms with Crippen molar-refractivity contribution >= 4 is 5.91 Å². The molecule has 1 aliphatic heterocycles. The quantitative estimate of drug-likeness (QED) is 0.725. The van der Waals surface area contributed by atoms with Crippen LogP contribution in [-0.2, 0) is 13.1 Å². The number of fused-ring (bicyclic) bond motifs is 1. The van der Waals surface area contributed by atoms with E-state index in [4.69, 9.17) is 9.15 Å². The van der Waals surface area contributed by atoms with Crippen molar-refractivity contribution in [1.29, 1.82) is 0 Å². The average Bonchev–Trinajstić information content (AvgIpc) is 3.21. The van der Waals surface area contributed by atoms with Gasteiger partial charge in [0.15, 0.2) is 11.6 Å². The summed E-state index contributed by atoms with van der Waals surface area (Å²) in [7, 11) is 0. The highest BCUT2D eigenvalue weighted by atomic mass is 19.1. The summed E-state index contributed by atoms with van der Waals surface area (Å²) in [5, 5.41) is 0. The third-order valence-corrected chi connectivity index (χ3v) is 4.45. The first kappa shape index (κ1) is 16.4. The second kappa shape index (κ2) is 6.67. The lowest BCUT2D eigenvalue weighted by Gasteiger charge is -2.24. The Balaban J connectivity index is 1.62. The molecule has 0 fully saturated rings. The molecule has 134 valence electrons. The normalized spacial score (nSPS) is 16.8. The summed E-state index contributed by atoms with van der Waals surface area (Å²) in [4.78, 5) is 18.5. The van der Waals surface area contributed by atoms with E-state index in [0.29, 0.717) is 25.4 Å². The van der Waals surface area contributed by atoms with Gasteiger partial charge in [0.05, 0.1) is 25.9 Å². The minimum absolute atomic E-state index is 0.0605. The third-order valence-electron chi connectivity index (χ3n) is 4.45. The van der Waals surface area contributed by atoms with Crippen molar-refractivity contribution in [3.63, 3.8) is 0 Å². The van der Waals surface area contributed by atoms with E-state index in [2.05, 4.69) is 4.98 Å². The number of carbonyl (C=O) groups is 1. The average molecular weight is 355 g/mol. The molecule has 0 aromatic carbocycles. The first-order valence-electron chi connectivity index (χ1n) is 8.36. The summed E-state index contributed by atoms with van der Waals surface area (Å²) in [6.07, 6.45) is 4.46. The van der Waals surface area contributed by atoms with Crippen molar-refractivity contribution in [2.45, 2.75) is 26.1 Å². The van der Waals surface area contributed by atoms with E-state index >= 15 is 0 Å². The van der Waals surface area contributed by atoms with Gasteiger partial charge in [-0.3, -0.25) is 4.79 Å². The SMILES string of the molecule is Cc1ccoc1C(=O)N1Cc2cccn2CC(Oc2ncccc2F)C1. The third kappa shape index (κ3) is 3.08. The van der Waals surface area contributed by atoms with Crippen LogP contribution in [0.5, 0.6) is 5.88 Å². The zero-order chi connectivity index (χ0) is 18.1. The molecule has 0 saturated heterocycles. The van der Waals surface area contributed by atoms with Crippen molar-refractivity contribution < 1.29 is 18.3 Å². The maximum atomic E-state index is 13.9. The van der Waals surface area contributed by atoms with Gasteiger partial charge in [0.2, 0.25) is 0 Å². The fourth-order valence-electron chi connectivity index (χ4n) is 3.13. The van der Waals surface area contributed by atoms with Crippen LogP contribution >= 0.6 is 0 Å². The Hall–Kier alpha value is -3.09. The van der Waals surface area contributed by atoms with E-state index in [9.17, 15) is 9.18 Å². The molecule has 3 aromatic rings. The number of halogens is 1. The van der Waals surface area contributed by atoms with E-state index in [1.807, 2.05) is 29.8 Å². The van der Waals surface area contributed by atoms with Gasteiger partial charge in [0.1, 0.15) is 6.10 Å². The topological polar surface area (TPSA) is 60.5 Å². The first-order chi connectivity index (χ1) is 12.6. The highest BCUT2D eigenvalue weighted by Gasteiger charge is 2.29. The van der Waals surface area contributed by atoms with Crippen LogP contribution < -0.4 is 4.74 Å². The van der Waals surface area contributed by atoms with E-state index in [-0.39, 0.29) is 11.8 Å². The van der Waals surface area contributed by atoms with E-state index in [1.165, 1.54) is 24.6 Å². The van der Waals surface area contributed by atoms with Crippen LogP contribution in [-0.4, -0.2) is 33.0 Å². The predicted molar refractivity (Wildman–Crippen MR) is 91.2 cm³/mol. The minimum Gasteiger partial charge on any atom is -0.468 e. The molecule has 6 nitrogen and oxygen atoms in total. The van der Waals surface area contributed by atoms with Gasteiger partial charge in [0, 0.05) is 23.7 Å². The molecule has 0 bridgehead atoms. The van der Waals surface area contributed by atoms with E-state index in [1.54, 1.807) is 11.0 Å². The van der Waals surface area contributed by atoms with Gasteiger partial charge in [0.25, 0.3) is 11.8 Å². The molecule has 7 heteroatoms. The molecule has 0 aliphatic carbocycles. The van der Waals surface area contributed by atoms with Crippen LogP contribution in [0.4, 0.5) is 4.39 Å². The molecule has 1 amide bonds. The van der Waals surface area contributed by atoms with Crippen molar-refractivity contribution in [2.75, 3.05) is 6.54 Å². The zero-order valence-corrected chi connectivity index (χ0v) is 14.3. The monoisotopic (exact) mass is 355 g/mol. The van der Waals surface area contributed by atoms with Crippen molar-refractivity contribution in [3.05, 3.63) is 71.8 Å². The van der Waals surface area contributed by atoms with Crippen LogP contribution in [0.25, 0.3) is 0 Å². The van der Waals surface area contributed by atoms with E-state index in [0.717, 1.165) is 11.3 Å². The Morgan fingerprint density at radius 3 is 2.96 bits per heavy atom. The number of furan rings is 1. The van der Waals surface area contributed by atoms with Gasteiger partial charge >= 0.3 is 0 Å². The van der Waals surface area contributed by atoms with Crippen molar-refractivity contribution in [1.82, 2.24) is 14.5 Å². The van der Waals surface area contributed by atoms with Crippen LogP contribution in [0.15, 0.2) is 53.4 Å². The maximum absolute atomic E-state index is 13.9. The fourth-order valence-corrected chi connectivity index (χ4v) is 3.13. The molecule has 1 atom stereocenters. The first-order valence-corrected chi connectivity index (χ1v) is 8.36. The molecule has 0 radical (unpaired) electrons. The highest BCUT2D eigenvalue weighted by molar-refractivity contribution is 5.92. The molecule has 3 aromatic heterocycles. The molecule has 1 aliphatic rings. The summed E-state index contributed by atoms with van der Waals surface area (Å²) in [6.45, 7) is 3.06. The van der Waals surface area contributed by atoms with Gasteiger partial charge in [-0.15, -0.1) is 0 Å².